The molecule has 0 aliphatic carbocycles. The monoisotopic (exact) mass is 255 g/mol. The van der Waals surface area contributed by atoms with E-state index in [0.717, 1.165) is 6.42 Å². The van der Waals surface area contributed by atoms with E-state index < -0.39 is 10.0 Å². The van der Waals surface area contributed by atoms with Gasteiger partial charge in [0.2, 0.25) is 10.0 Å². The second kappa shape index (κ2) is 4.34. The van der Waals surface area contributed by atoms with Crippen LogP contribution in [0.2, 0.25) is 0 Å². The third-order valence-corrected chi connectivity index (χ3v) is 3.80. The van der Waals surface area contributed by atoms with E-state index in [2.05, 4.69) is 14.7 Å². The molecule has 0 bridgehead atoms. The normalized spacial score (nSPS) is 12.1. The van der Waals surface area contributed by atoms with Crippen LogP contribution in [-0.4, -0.2) is 24.9 Å². The lowest BCUT2D eigenvalue weighted by Crippen LogP contribution is -2.24. The van der Waals surface area contributed by atoms with Gasteiger partial charge in [0.05, 0.1) is 15.9 Å². The molecule has 0 fully saturated rings. The molecule has 3 N–H and O–H groups in total. The molecule has 2 rings (SSSR count). The molecule has 1 aromatic heterocycles. The van der Waals surface area contributed by atoms with Crippen molar-refractivity contribution in [1.29, 1.82) is 0 Å². The maximum absolute atomic E-state index is 11.8. The maximum atomic E-state index is 11.8. The van der Waals surface area contributed by atoms with Crippen molar-refractivity contribution in [1.82, 2.24) is 14.7 Å². The molecule has 0 aliphatic heterocycles. The second-order valence-corrected chi connectivity index (χ2v) is 5.45. The van der Waals surface area contributed by atoms with Crippen LogP contribution in [0.25, 0.3) is 11.0 Å². The zero-order valence-electron chi connectivity index (χ0n) is 9.28. The van der Waals surface area contributed by atoms with Crippen LogP contribution in [0.15, 0.2) is 27.9 Å². The first-order valence-corrected chi connectivity index (χ1v) is 6.73. The van der Waals surface area contributed by atoms with Crippen molar-refractivity contribution in [3.05, 3.63) is 28.7 Å². The second-order valence-electron chi connectivity index (χ2n) is 3.68. The first-order valence-electron chi connectivity index (χ1n) is 5.24. The minimum absolute atomic E-state index is 0.147. The summed E-state index contributed by atoms with van der Waals surface area (Å²) in [5.74, 6) is 0. The van der Waals surface area contributed by atoms with Gasteiger partial charge in [0.1, 0.15) is 0 Å². The number of hydrogen-bond acceptors (Lipinski definition) is 3. The van der Waals surface area contributed by atoms with E-state index in [1.54, 1.807) is 6.07 Å². The highest BCUT2D eigenvalue weighted by Crippen LogP contribution is 2.14. The molecule has 0 saturated carbocycles. The molecule has 1 aromatic carbocycles. The van der Waals surface area contributed by atoms with E-state index in [4.69, 9.17) is 0 Å². The van der Waals surface area contributed by atoms with Crippen LogP contribution >= 0.6 is 0 Å². The van der Waals surface area contributed by atoms with E-state index >= 15 is 0 Å². The Morgan fingerprint density at radius 3 is 2.65 bits per heavy atom. The molecule has 1 heterocycles. The van der Waals surface area contributed by atoms with Crippen molar-refractivity contribution >= 4 is 21.1 Å². The maximum Gasteiger partial charge on any atom is 0.323 e. The van der Waals surface area contributed by atoms with Crippen molar-refractivity contribution in [3.63, 3.8) is 0 Å². The lowest BCUT2D eigenvalue weighted by molar-refractivity contribution is 0.581. The zero-order valence-corrected chi connectivity index (χ0v) is 10.1. The largest absolute Gasteiger partial charge is 0.323 e. The fourth-order valence-electron chi connectivity index (χ4n) is 1.50. The van der Waals surface area contributed by atoms with E-state index in [1.165, 1.54) is 12.1 Å². The predicted octanol–water partition coefficient (Wildman–Crippen LogP) is 0.545. The van der Waals surface area contributed by atoms with Crippen LogP contribution in [0.4, 0.5) is 0 Å². The molecule has 17 heavy (non-hydrogen) atoms. The van der Waals surface area contributed by atoms with Gasteiger partial charge in [-0.25, -0.2) is 17.9 Å². The number of aromatic amines is 2. The summed E-state index contributed by atoms with van der Waals surface area (Å²) in [6.07, 6.45) is 0.725. The quantitative estimate of drug-likeness (QED) is 0.744. The van der Waals surface area contributed by atoms with E-state index in [0.29, 0.717) is 17.6 Å². The number of nitrogens with one attached hydrogen (secondary N) is 3. The molecule has 0 unspecified atom stereocenters. The molecule has 0 atom stereocenters. The van der Waals surface area contributed by atoms with Gasteiger partial charge in [0.15, 0.2) is 0 Å². The minimum Gasteiger partial charge on any atom is -0.306 e. The van der Waals surface area contributed by atoms with Crippen molar-refractivity contribution in [2.45, 2.75) is 18.2 Å². The fraction of sp³-hybridized carbons (Fsp3) is 0.300. The SMILES string of the molecule is CCCNS(=O)(=O)c1ccc2[nH]c(=O)[nH]c2c1. The minimum atomic E-state index is -3.49. The molecule has 0 aliphatic rings. The zero-order chi connectivity index (χ0) is 12.5. The Balaban J connectivity index is 2.45. The fourth-order valence-corrected chi connectivity index (χ4v) is 2.66. The first-order chi connectivity index (χ1) is 8.03. The van der Waals surface area contributed by atoms with Crippen molar-refractivity contribution in [3.8, 4) is 0 Å². The van der Waals surface area contributed by atoms with Crippen LogP contribution in [0.3, 0.4) is 0 Å². The molecule has 6 nitrogen and oxygen atoms in total. The summed E-state index contributed by atoms with van der Waals surface area (Å²) in [5, 5.41) is 0. The number of rotatable bonds is 4. The molecule has 2 aromatic rings. The van der Waals surface area contributed by atoms with Gasteiger partial charge in [-0.1, -0.05) is 6.92 Å². The summed E-state index contributed by atoms with van der Waals surface area (Å²) in [6, 6.07) is 4.46. The Morgan fingerprint density at radius 2 is 1.94 bits per heavy atom. The summed E-state index contributed by atoms with van der Waals surface area (Å²) in [6.45, 7) is 2.28. The van der Waals surface area contributed by atoms with Crippen LogP contribution in [0, 0.1) is 0 Å². The molecule has 0 radical (unpaired) electrons. The van der Waals surface area contributed by atoms with Gasteiger partial charge < -0.3 is 9.97 Å². The van der Waals surface area contributed by atoms with Crippen molar-refractivity contribution < 1.29 is 8.42 Å². The Labute approximate surface area is 98.1 Å². The highest BCUT2D eigenvalue weighted by molar-refractivity contribution is 7.89. The van der Waals surface area contributed by atoms with Gasteiger partial charge in [-0.05, 0) is 24.6 Å². The molecule has 7 heteroatoms. The van der Waals surface area contributed by atoms with E-state index in [1.807, 2.05) is 6.92 Å². The van der Waals surface area contributed by atoms with E-state index in [9.17, 15) is 13.2 Å². The molecule has 0 spiro atoms. The van der Waals surface area contributed by atoms with E-state index in [-0.39, 0.29) is 10.6 Å². The standard InChI is InChI=1S/C10H13N3O3S/c1-2-5-11-17(15,16)7-3-4-8-9(6-7)13-10(14)12-8/h3-4,6,11H,2,5H2,1H3,(H2,12,13,14). The summed E-state index contributed by atoms with van der Waals surface area (Å²) < 4.78 is 26.1. The van der Waals surface area contributed by atoms with Crippen LogP contribution in [0.5, 0.6) is 0 Å². The highest BCUT2D eigenvalue weighted by Gasteiger charge is 2.13. The number of fused-ring (bicyclic) bond motifs is 1. The van der Waals surface area contributed by atoms with Gasteiger partial charge in [0.25, 0.3) is 0 Å². The number of sulfonamides is 1. The third kappa shape index (κ3) is 2.40. The van der Waals surface area contributed by atoms with Gasteiger partial charge in [-0.3, -0.25) is 0 Å². The smallest absolute Gasteiger partial charge is 0.306 e. The van der Waals surface area contributed by atoms with Gasteiger partial charge in [0, 0.05) is 6.54 Å². The molecule has 0 amide bonds. The Bertz CT molecular complexity index is 684. The summed E-state index contributed by atoms with van der Waals surface area (Å²) in [7, 11) is -3.49. The van der Waals surface area contributed by atoms with Gasteiger partial charge >= 0.3 is 5.69 Å². The van der Waals surface area contributed by atoms with Crippen LogP contribution in [-0.2, 0) is 10.0 Å². The average molecular weight is 255 g/mol. The third-order valence-electron chi connectivity index (χ3n) is 2.34. The molecular formula is C10H13N3O3S. The number of H-pyrrole nitrogens is 2. The number of imidazole rings is 1. The summed E-state index contributed by atoms with van der Waals surface area (Å²) >= 11 is 0. The van der Waals surface area contributed by atoms with Crippen LogP contribution < -0.4 is 10.4 Å². The lowest BCUT2D eigenvalue weighted by Gasteiger charge is -2.04. The Morgan fingerprint density at radius 1 is 1.24 bits per heavy atom. The topological polar surface area (TPSA) is 94.8 Å². The van der Waals surface area contributed by atoms with Crippen molar-refractivity contribution in [2.75, 3.05) is 6.54 Å². The molecular weight excluding hydrogens is 242 g/mol. The van der Waals surface area contributed by atoms with Crippen molar-refractivity contribution in [2.24, 2.45) is 0 Å². The highest BCUT2D eigenvalue weighted by atomic mass is 32.2. The number of aromatic nitrogens is 2. The Kier molecular flexibility index (Phi) is 3.03. The molecule has 92 valence electrons. The summed E-state index contributed by atoms with van der Waals surface area (Å²) in [5.41, 5.74) is 0.717. The van der Waals surface area contributed by atoms with Crippen LogP contribution in [0.1, 0.15) is 13.3 Å². The van der Waals surface area contributed by atoms with Gasteiger partial charge in [-0.2, -0.15) is 0 Å². The first kappa shape index (κ1) is 11.9. The van der Waals surface area contributed by atoms with Gasteiger partial charge in [-0.15, -0.1) is 0 Å². The lowest BCUT2D eigenvalue weighted by atomic mass is 10.3. The predicted molar refractivity (Wildman–Crippen MR) is 64.4 cm³/mol. The number of benzene rings is 1. The summed E-state index contributed by atoms with van der Waals surface area (Å²) in [4.78, 5) is 16.3. The Hall–Kier alpha value is -1.60. The molecule has 0 saturated heterocycles. The average Bonchev–Trinajstić information content (AvgIpc) is 2.65. The number of hydrogen-bond donors (Lipinski definition) is 3.